The van der Waals surface area contributed by atoms with Crippen LogP contribution in [-0.2, 0) is 9.47 Å². The van der Waals surface area contributed by atoms with Gasteiger partial charge in [-0.25, -0.2) is 0 Å². The van der Waals surface area contributed by atoms with E-state index in [0.29, 0.717) is 6.61 Å². The van der Waals surface area contributed by atoms with E-state index in [4.69, 9.17) is 15.2 Å². The second-order valence-electron chi connectivity index (χ2n) is 3.58. The lowest BCUT2D eigenvalue weighted by Gasteiger charge is -2.21. The van der Waals surface area contributed by atoms with E-state index in [-0.39, 0.29) is 25.7 Å². The summed E-state index contributed by atoms with van der Waals surface area (Å²) < 4.78 is 47.1. The zero-order chi connectivity index (χ0) is 11.3. The van der Waals surface area contributed by atoms with Crippen molar-refractivity contribution in [1.29, 1.82) is 0 Å². The van der Waals surface area contributed by atoms with Crippen LogP contribution < -0.4 is 5.73 Å². The van der Waals surface area contributed by atoms with Gasteiger partial charge in [0.15, 0.2) is 6.10 Å². The van der Waals surface area contributed by atoms with Gasteiger partial charge in [-0.3, -0.25) is 0 Å². The Hall–Kier alpha value is -0.330. The van der Waals surface area contributed by atoms with Crippen molar-refractivity contribution in [1.82, 2.24) is 0 Å². The van der Waals surface area contributed by atoms with Gasteiger partial charge < -0.3 is 15.2 Å². The maximum Gasteiger partial charge on any atom is 0.414 e. The van der Waals surface area contributed by atoms with E-state index in [1.165, 1.54) is 0 Å². The molecule has 2 atom stereocenters. The zero-order valence-electron chi connectivity index (χ0n) is 8.43. The topological polar surface area (TPSA) is 44.5 Å². The molecule has 1 heterocycles. The van der Waals surface area contributed by atoms with Crippen LogP contribution in [0.4, 0.5) is 13.2 Å². The minimum atomic E-state index is -4.34. The summed E-state index contributed by atoms with van der Waals surface area (Å²) >= 11 is 0. The summed E-state index contributed by atoms with van der Waals surface area (Å²) in [6, 6.07) is 0. The molecule has 1 aliphatic heterocycles. The summed E-state index contributed by atoms with van der Waals surface area (Å²) in [5, 5.41) is 0. The Kier molecular flexibility index (Phi) is 4.82. The van der Waals surface area contributed by atoms with Gasteiger partial charge in [0.25, 0.3) is 0 Å². The van der Waals surface area contributed by atoms with Crippen molar-refractivity contribution in [3.63, 3.8) is 0 Å². The highest BCUT2D eigenvalue weighted by atomic mass is 19.4. The van der Waals surface area contributed by atoms with Gasteiger partial charge in [-0.15, -0.1) is 0 Å². The molecule has 0 spiro atoms. The molecule has 0 aromatic carbocycles. The molecule has 0 aliphatic carbocycles. The molecule has 0 amide bonds. The van der Waals surface area contributed by atoms with E-state index in [1.807, 2.05) is 0 Å². The molecule has 3 nitrogen and oxygen atoms in total. The van der Waals surface area contributed by atoms with Crippen LogP contribution in [-0.4, -0.2) is 38.1 Å². The molecule has 0 aromatic heterocycles. The van der Waals surface area contributed by atoms with Crippen LogP contribution in [0.3, 0.4) is 0 Å². The number of rotatable bonds is 5. The molecular weight excluding hydrogens is 211 g/mol. The van der Waals surface area contributed by atoms with Crippen molar-refractivity contribution in [3.8, 4) is 0 Å². The number of hydrogen-bond acceptors (Lipinski definition) is 3. The van der Waals surface area contributed by atoms with Gasteiger partial charge >= 0.3 is 6.18 Å². The van der Waals surface area contributed by atoms with Crippen LogP contribution in [0.5, 0.6) is 0 Å². The Bertz CT molecular complexity index is 181. The van der Waals surface area contributed by atoms with Crippen molar-refractivity contribution in [2.75, 3.05) is 19.8 Å². The van der Waals surface area contributed by atoms with Crippen LogP contribution in [0.15, 0.2) is 0 Å². The summed E-state index contributed by atoms with van der Waals surface area (Å²) in [5.74, 6) is 0. The molecule has 90 valence electrons. The maximum absolute atomic E-state index is 12.4. The molecule has 1 aliphatic rings. The maximum atomic E-state index is 12.4. The lowest BCUT2D eigenvalue weighted by Crippen LogP contribution is -2.35. The van der Waals surface area contributed by atoms with Crippen molar-refractivity contribution >= 4 is 0 Å². The number of ether oxygens (including phenoxy) is 2. The average molecular weight is 227 g/mol. The van der Waals surface area contributed by atoms with Gasteiger partial charge in [-0.05, 0) is 25.8 Å². The first-order valence-electron chi connectivity index (χ1n) is 5.04. The SMILES string of the molecule is NCCC(OCC1CCCO1)C(F)(F)F. The van der Waals surface area contributed by atoms with Gasteiger partial charge in [0.05, 0.1) is 12.7 Å². The van der Waals surface area contributed by atoms with E-state index in [2.05, 4.69) is 0 Å². The molecule has 2 N–H and O–H groups in total. The number of hydrogen-bond donors (Lipinski definition) is 1. The van der Waals surface area contributed by atoms with Gasteiger partial charge in [-0.2, -0.15) is 13.2 Å². The van der Waals surface area contributed by atoms with Crippen molar-refractivity contribution in [2.45, 2.75) is 37.6 Å². The van der Waals surface area contributed by atoms with E-state index in [1.54, 1.807) is 0 Å². The van der Waals surface area contributed by atoms with Gasteiger partial charge in [0, 0.05) is 6.61 Å². The lowest BCUT2D eigenvalue weighted by atomic mass is 10.2. The van der Waals surface area contributed by atoms with E-state index in [9.17, 15) is 13.2 Å². The molecule has 1 saturated heterocycles. The van der Waals surface area contributed by atoms with Crippen LogP contribution in [0, 0.1) is 0 Å². The minimum absolute atomic E-state index is 0.00414. The number of alkyl halides is 3. The third-order valence-corrected chi connectivity index (χ3v) is 2.30. The first-order valence-corrected chi connectivity index (χ1v) is 5.04. The number of halogens is 3. The quantitative estimate of drug-likeness (QED) is 0.773. The highest BCUT2D eigenvalue weighted by Gasteiger charge is 2.40. The van der Waals surface area contributed by atoms with E-state index >= 15 is 0 Å². The highest BCUT2D eigenvalue weighted by Crippen LogP contribution is 2.26. The Balaban J connectivity index is 2.30. The molecule has 1 rings (SSSR count). The lowest BCUT2D eigenvalue weighted by molar-refractivity contribution is -0.226. The van der Waals surface area contributed by atoms with Crippen molar-refractivity contribution < 1.29 is 22.6 Å². The minimum Gasteiger partial charge on any atom is -0.376 e. The van der Waals surface area contributed by atoms with E-state index in [0.717, 1.165) is 12.8 Å². The molecule has 0 aromatic rings. The summed E-state index contributed by atoms with van der Waals surface area (Å²) in [4.78, 5) is 0. The second-order valence-corrected chi connectivity index (χ2v) is 3.58. The average Bonchev–Trinajstić information content (AvgIpc) is 2.62. The molecule has 0 bridgehead atoms. The fourth-order valence-corrected chi connectivity index (χ4v) is 1.49. The first kappa shape index (κ1) is 12.7. The fraction of sp³-hybridized carbons (Fsp3) is 1.00. The Morgan fingerprint density at radius 1 is 1.47 bits per heavy atom. The molecule has 0 saturated carbocycles. The van der Waals surface area contributed by atoms with Crippen LogP contribution >= 0.6 is 0 Å². The smallest absolute Gasteiger partial charge is 0.376 e. The van der Waals surface area contributed by atoms with Gasteiger partial charge in [0.2, 0.25) is 0 Å². The summed E-state index contributed by atoms with van der Waals surface area (Å²) in [5.41, 5.74) is 5.10. The predicted octanol–water partition coefficient (Wildman–Crippen LogP) is 1.46. The summed E-state index contributed by atoms with van der Waals surface area (Å²) in [6.45, 7) is 0.585. The zero-order valence-corrected chi connectivity index (χ0v) is 8.43. The van der Waals surface area contributed by atoms with Crippen molar-refractivity contribution in [3.05, 3.63) is 0 Å². The summed E-state index contributed by atoms with van der Waals surface area (Å²) in [6.07, 6.45) is -4.82. The predicted molar refractivity (Wildman–Crippen MR) is 48.4 cm³/mol. The van der Waals surface area contributed by atoms with Crippen LogP contribution in [0.2, 0.25) is 0 Å². The van der Waals surface area contributed by atoms with Gasteiger partial charge in [-0.1, -0.05) is 0 Å². The Morgan fingerprint density at radius 2 is 2.20 bits per heavy atom. The molecule has 0 radical (unpaired) electrons. The third kappa shape index (κ3) is 4.36. The second kappa shape index (κ2) is 5.67. The van der Waals surface area contributed by atoms with Gasteiger partial charge in [0.1, 0.15) is 0 Å². The molecule has 6 heteroatoms. The Morgan fingerprint density at radius 3 is 2.67 bits per heavy atom. The monoisotopic (exact) mass is 227 g/mol. The molecule has 15 heavy (non-hydrogen) atoms. The largest absolute Gasteiger partial charge is 0.414 e. The normalized spacial score (nSPS) is 24.4. The van der Waals surface area contributed by atoms with Crippen LogP contribution in [0.1, 0.15) is 19.3 Å². The molecular formula is C9H16F3NO2. The van der Waals surface area contributed by atoms with Crippen molar-refractivity contribution in [2.24, 2.45) is 5.73 Å². The number of nitrogens with two attached hydrogens (primary N) is 1. The van der Waals surface area contributed by atoms with E-state index < -0.39 is 12.3 Å². The summed E-state index contributed by atoms with van der Waals surface area (Å²) in [7, 11) is 0. The molecule has 1 fully saturated rings. The standard InChI is InChI=1S/C9H16F3NO2/c10-9(11,12)8(3-4-13)15-6-7-2-1-5-14-7/h7-8H,1-6,13H2. The first-order chi connectivity index (χ1) is 7.04. The third-order valence-electron chi connectivity index (χ3n) is 2.30. The molecule has 2 unspecified atom stereocenters. The Labute approximate surface area is 86.7 Å². The van der Waals surface area contributed by atoms with Crippen LogP contribution in [0.25, 0.3) is 0 Å². The fourth-order valence-electron chi connectivity index (χ4n) is 1.49. The highest BCUT2D eigenvalue weighted by molar-refractivity contribution is 4.71.